The molecule has 4 nitrogen and oxygen atoms in total. The molecule has 0 bridgehead atoms. The van der Waals surface area contributed by atoms with Crippen molar-refractivity contribution in [3.05, 3.63) is 20.8 Å². The molecule has 0 fully saturated rings. The van der Waals surface area contributed by atoms with E-state index in [2.05, 4.69) is 13.8 Å². The van der Waals surface area contributed by atoms with Crippen molar-refractivity contribution in [2.45, 2.75) is 57.7 Å². The van der Waals surface area contributed by atoms with Gasteiger partial charge in [0.25, 0.3) is 5.56 Å². The first-order valence-electron chi connectivity index (χ1n) is 8.78. The van der Waals surface area contributed by atoms with E-state index in [1.54, 1.807) is 30.2 Å². The number of aryl methyl sites for hydroxylation is 2. The van der Waals surface area contributed by atoms with Gasteiger partial charge in [0.15, 0.2) is 5.16 Å². The van der Waals surface area contributed by atoms with Crippen molar-refractivity contribution in [3.63, 3.8) is 0 Å². The van der Waals surface area contributed by atoms with E-state index in [9.17, 15) is 4.79 Å². The number of thioether (sulfide) groups is 1. The largest absolute Gasteiger partial charge is 0.384 e. The first-order valence-corrected chi connectivity index (χ1v) is 10.6. The summed E-state index contributed by atoms with van der Waals surface area (Å²) in [5.74, 6) is 1.39. The summed E-state index contributed by atoms with van der Waals surface area (Å²) in [5.41, 5.74) is 1.45. The minimum atomic E-state index is 0.167. The lowest BCUT2D eigenvalue weighted by Crippen LogP contribution is -2.24. The number of nitrogens with zero attached hydrogens (tertiary/aromatic N) is 2. The maximum atomic E-state index is 13.2. The lowest BCUT2D eigenvalue weighted by Gasteiger charge is -2.14. The van der Waals surface area contributed by atoms with E-state index < -0.39 is 0 Å². The van der Waals surface area contributed by atoms with E-state index in [4.69, 9.17) is 9.72 Å². The molecular weight excluding hydrogens is 340 g/mol. The first kappa shape index (κ1) is 18.0. The molecule has 0 unspecified atom stereocenters. The van der Waals surface area contributed by atoms with Gasteiger partial charge >= 0.3 is 0 Å². The van der Waals surface area contributed by atoms with Gasteiger partial charge in [0.2, 0.25) is 0 Å². The smallest absolute Gasteiger partial charge is 0.263 e. The van der Waals surface area contributed by atoms with Gasteiger partial charge in [-0.05, 0) is 43.6 Å². The standard InChI is InChI=1S/C18H26N2O2S2/c1-12(2)8-9-20-17(21)15-13-6-4-5-7-14(13)24-16(15)19-18(20)23-11-10-22-3/h12H,4-11H2,1-3H3. The van der Waals surface area contributed by atoms with Crippen LogP contribution in [0.4, 0.5) is 0 Å². The molecule has 132 valence electrons. The van der Waals surface area contributed by atoms with Gasteiger partial charge in [-0.1, -0.05) is 25.6 Å². The quantitative estimate of drug-likeness (QED) is 0.420. The van der Waals surface area contributed by atoms with E-state index in [0.717, 1.165) is 46.9 Å². The van der Waals surface area contributed by atoms with Crippen LogP contribution < -0.4 is 5.56 Å². The number of hydrogen-bond donors (Lipinski definition) is 0. The Morgan fingerprint density at radius 2 is 2.12 bits per heavy atom. The molecule has 0 saturated heterocycles. The summed E-state index contributed by atoms with van der Waals surface area (Å²) in [6, 6.07) is 0. The summed E-state index contributed by atoms with van der Waals surface area (Å²) < 4.78 is 7.06. The highest BCUT2D eigenvalue weighted by Crippen LogP contribution is 2.34. The normalized spacial score (nSPS) is 14.5. The molecule has 1 aliphatic carbocycles. The van der Waals surface area contributed by atoms with E-state index in [0.29, 0.717) is 12.5 Å². The van der Waals surface area contributed by atoms with Crippen LogP contribution in [0.5, 0.6) is 0 Å². The van der Waals surface area contributed by atoms with E-state index in [1.807, 2.05) is 4.57 Å². The van der Waals surface area contributed by atoms with Crippen LogP contribution in [0.2, 0.25) is 0 Å². The molecule has 0 aromatic carbocycles. The SMILES string of the molecule is COCCSc1nc2sc3c(c2c(=O)n1CCC(C)C)CCCC3. The number of fused-ring (bicyclic) bond motifs is 3. The highest BCUT2D eigenvalue weighted by molar-refractivity contribution is 7.99. The van der Waals surface area contributed by atoms with Crippen LogP contribution in [0.3, 0.4) is 0 Å². The first-order chi connectivity index (χ1) is 11.6. The second-order valence-corrected chi connectivity index (χ2v) is 8.91. The Kier molecular flexibility index (Phi) is 6.00. The Morgan fingerprint density at radius 1 is 1.33 bits per heavy atom. The molecular formula is C18H26N2O2S2. The van der Waals surface area contributed by atoms with Crippen molar-refractivity contribution in [2.24, 2.45) is 5.92 Å². The summed E-state index contributed by atoms with van der Waals surface area (Å²) in [4.78, 5) is 20.4. The lowest BCUT2D eigenvalue weighted by molar-refractivity contribution is 0.218. The van der Waals surface area contributed by atoms with E-state index in [1.165, 1.54) is 23.3 Å². The topological polar surface area (TPSA) is 44.1 Å². The van der Waals surface area contributed by atoms with Crippen molar-refractivity contribution in [2.75, 3.05) is 19.5 Å². The molecule has 0 amide bonds. The van der Waals surface area contributed by atoms with Gasteiger partial charge < -0.3 is 4.74 Å². The Bertz CT molecular complexity index is 764. The Labute approximate surface area is 151 Å². The van der Waals surface area contributed by atoms with Crippen LogP contribution in [-0.4, -0.2) is 29.0 Å². The summed E-state index contributed by atoms with van der Waals surface area (Å²) >= 11 is 3.36. The molecule has 3 rings (SSSR count). The third-order valence-corrected chi connectivity index (χ3v) is 6.61. The molecule has 1 aliphatic rings. The van der Waals surface area contributed by atoms with Crippen LogP contribution in [0.25, 0.3) is 10.2 Å². The van der Waals surface area contributed by atoms with E-state index >= 15 is 0 Å². The van der Waals surface area contributed by atoms with Gasteiger partial charge in [-0.3, -0.25) is 9.36 Å². The zero-order chi connectivity index (χ0) is 17.1. The predicted molar refractivity (Wildman–Crippen MR) is 103 cm³/mol. The minimum Gasteiger partial charge on any atom is -0.384 e. The molecule has 0 saturated carbocycles. The number of thiophene rings is 1. The van der Waals surface area contributed by atoms with Gasteiger partial charge in [-0.15, -0.1) is 11.3 Å². The summed E-state index contributed by atoms with van der Waals surface area (Å²) in [6.07, 6.45) is 5.56. The fourth-order valence-corrected chi connectivity index (χ4v) is 5.36. The zero-order valence-corrected chi connectivity index (χ0v) is 16.4. The maximum Gasteiger partial charge on any atom is 0.263 e. The third-order valence-electron chi connectivity index (χ3n) is 4.49. The molecule has 0 radical (unpaired) electrons. The van der Waals surface area contributed by atoms with Crippen LogP contribution in [0.15, 0.2) is 9.95 Å². The van der Waals surface area contributed by atoms with Crippen molar-refractivity contribution in [3.8, 4) is 0 Å². The van der Waals surface area contributed by atoms with Gasteiger partial charge in [-0.25, -0.2) is 4.98 Å². The Morgan fingerprint density at radius 3 is 2.88 bits per heavy atom. The molecule has 0 spiro atoms. The summed E-state index contributed by atoms with van der Waals surface area (Å²) in [7, 11) is 1.70. The third kappa shape index (κ3) is 3.70. The van der Waals surface area contributed by atoms with Crippen LogP contribution in [-0.2, 0) is 24.1 Å². The molecule has 2 heterocycles. The molecule has 2 aromatic rings. The average molecular weight is 367 g/mol. The van der Waals surface area contributed by atoms with Gasteiger partial charge in [0.05, 0.1) is 12.0 Å². The average Bonchev–Trinajstić information content (AvgIpc) is 2.92. The molecule has 2 aromatic heterocycles. The number of rotatable bonds is 7. The second kappa shape index (κ2) is 8.02. The monoisotopic (exact) mass is 366 g/mol. The zero-order valence-electron chi connectivity index (χ0n) is 14.8. The highest BCUT2D eigenvalue weighted by Gasteiger charge is 2.22. The van der Waals surface area contributed by atoms with Gasteiger partial charge in [0.1, 0.15) is 4.83 Å². The van der Waals surface area contributed by atoms with Crippen molar-refractivity contribution in [1.82, 2.24) is 9.55 Å². The molecule has 0 atom stereocenters. The second-order valence-electron chi connectivity index (χ2n) is 6.77. The predicted octanol–water partition coefficient (Wildman–Crippen LogP) is 4.12. The number of hydrogen-bond acceptors (Lipinski definition) is 5. The number of ether oxygens (including phenoxy) is 1. The number of aromatic nitrogens is 2. The van der Waals surface area contributed by atoms with E-state index in [-0.39, 0.29) is 5.56 Å². The Balaban J connectivity index is 2.06. The molecule has 6 heteroatoms. The van der Waals surface area contributed by atoms with Crippen molar-refractivity contribution >= 4 is 33.3 Å². The highest BCUT2D eigenvalue weighted by atomic mass is 32.2. The molecule has 24 heavy (non-hydrogen) atoms. The van der Waals surface area contributed by atoms with Crippen LogP contribution in [0, 0.1) is 5.92 Å². The Hall–Kier alpha value is -0.850. The minimum absolute atomic E-state index is 0.167. The summed E-state index contributed by atoms with van der Waals surface area (Å²) in [5, 5.41) is 1.75. The fraction of sp³-hybridized carbons (Fsp3) is 0.667. The van der Waals surface area contributed by atoms with Crippen molar-refractivity contribution in [1.29, 1.82) is 0 Å². The molecule has 0 aliphatic heterocycles. The van der Waals surface area contributed by atoms with Crippen LogP contribution >= 0.6 is 23.1 Å². The van der Waals surface area contributed by atoms with Crippen molar-refractivity contribution < 1.29 is 4.74 Å². The van der Waals surface area contributed by atoms with Gasteiger partial charge in [-0.2, -0.15) is 0 Å². The molecule has 0 N–H and O–H groups in total. The number of methoxy groups -OCH3 is 1. The maximum absolute atomic E-state index is 13.2. The summed E-state index contributed by atoms with van der Waals surface area (Å²) in [6.45, 7) is 5.81. The lowest BCUT2D eigenvalue weighted by atomic mass is 9.97. The van der Waals surface area contributed by atoms with Crippen LogP contribution in [0.1, 0.15) is 43.6 Å². The fourth-order valence-electron chi connectivity index (χ4n) is 3.13. The van der Waals surface area contributed by atoms with Gasteiger partial charge in [0, 0.05) is 24.3 Å².